The van der Waals surface area contributed by atoms with Gasteiger partial charge in [-0.25, -0.2) is 8.42 Å². The van der Waals surface area contributed by atoms with Crippen LogP contribution in [0.5, 0.6) is 11.5 Å². The van der Waals surface area contributed by atoms with Crippen molar-refractivity contribution >= 4 is 27.5 Å². The molecule has 2 heterocycles. The first-order valence-electron chi connectivity index (χ1n) is 8.46. The van der Waals surface area contributed by atoms with Crippen LogP contribution in [0.25, 0.3) is 0 Å². The molecule has 146 valence electrons. The maximum Gasteiger partial charge on any atom is 0.266 e. The van der Waals surface area contributed by atoms with Gasteiger partial charge in [-0.05, 0) is 42.0 Å². The van der Waals surface area contributed by atoms with Crippen molar-refractivity contribution in [3.05, 3.63) is 47.5 Å². The number of nitrogens with zero attached hydrogens (tertiary/aromatic N) is 1. The monoisotopic (exact) mass is 403 g/mol. The van der Waals surface area contributed by atoms with Gasteiger partial charge in [-0.3, -0.25) is 15.0 Å². The Labute approximate surface area is 161 Å². The number of carbonyl (C=O) groups is 2. The zero-order chi connectivity index (χ0) is 19.9. The SMILES string of the molecule is CN1C(=O)Cc2cc(S(=O)(=O)NNC(=O)c3ccc4c(c3)OCCO4)ccc21. The standard InChI is InChI=1S/C18H17N3O6S/c1-21-14-4-3-13(8-12(14)10-17(21)22)28(24,25)20-19-18(23)11-2-5-15-16(9-11)27-7-6-26-15/h2-5,8-9,20H,6-7,10H2,1H3,(H,19,23). The molecular weight excluding hydrogens is 386 g/mol. The Morgan fingerprint density at radius 1 is 1.07 bits per heavy atom. The molecule has 2 N–H and O–H groups in total. The van der Waals surface area contributed by atoms with Crippen molar-refractivity contribution in [2.75, 3.05) is 25.2 Å². The van der Waals surface area contributed by atoms with E-state index in [9.17, 15) is 18.0 Å². The Bertz CT molecular complexity index is 1080. The summed E-state index contributed by atoms with van der Waals surface area (Å²) < 4.78 is 35.8. The fourth-order valence-electron chi connectivity index (χ4n) is 3.04. The lowest BCUT2D eigenvalue weighted by atomic mass is 10.2. The summed E-state index contributed by atoms with van der Waals surface area (Å²) in [6, 6.07) is 8.95. The van der Waals surface area contributed by atoms with Gasteiger partial charge in [0.1, 0.15) is 13.2 Å². The van der Waals surface area contributed by atoms with E-state index in [1.54, 1.807) is 19.2 Å². The molecule has 9 nitrogen and oxygen atoms in total. The maximum absolute atomic E-state index is 12.5. The summed E-state index contributed by atoms with van der Waals surface area (Å²) in [5.41, 5.74) is 3.68. The topological polar surface area (TPSA) is 114 Å². The summed E-state index contributed by atoms with van der Waals surface area (Å²) in [6.45, 7) is 0.807. The minimum absolute atomic E-state index is 0.0446. The van der Waals surface area contributed by atoms with E-state index in [2.05, 4.69) is 10.3 Å². The summed E-state index contributed by atoms with van der Waals surface area (Å²) in [4.78, 5) is 27.5. The Morgan fingerprint density at radius 3 is 2.61 bits per heavy atom. The van der Waals surface area contributed by atoms with Crippen LogP contribution in [-0.4, -0.2) is 40.5 Å². The van der Waals surface area contributed by atoms with E-state index in [-0.39, 0.29) is 22.8 Å². The number of anilines is 1. The molecule has 0 aliphatic carbocycles. The van der Waals surface area contributed by atoms with Gasteiger partial charge in [0.15, 0.2) is 11.5 Å². The highest BCUT2D eigenvalue weighted by Gasteiger charge is 2.26. The first-order valence-corrected chi connectivity index (χ1v) is 9.95. The zero-order valence-electron chi connectivity index (χ0n) is 14.9. The fourth-order valence-corrected chi connectivity index (χ4v) is 3.93. The smallest absolute Gasteiger partial charge is 0.266 e. The van der Waals surface area contributed by atoms with Gasteiger partial charge in [-0.2, -0.15) is 0 Å². The van der Waals surface area contributed by atoms with E-state index >= 15 is 0 Å². The number of likely N-dealkylation sites (N-methyl/N-ethyl adjacent to an activating group) is 1. The largest absolute Gasteiger partial charge is 0.486 e. The molecule has 28 heavy (non-hydrogen) atoms. The van der Waals surface area contributed by atoms with Gasteiger partial charge < -0.3 is 14.4 Å². The summed E-state index contributed by atoms with van der Waals surface area (Å²) in [5.74, 6) is 0.205. The summed E-state index contributed by atoms with van der Waals surface area (Å²) >= 11 is 0. The molecule has 2 aliphatic heterocycles. The molecule has 2 aromatic carbocycles. The van der Waals surface area contributed by atoms with Crippen LogP contribution in [0.2, 0.25) is 0 Å². The number of benzene rings is 2. The van der Waals surface area contributed by atoms with Crippen molar-refractivity contribution in [2.24, 2.45) is 0 Å². The first kappa shape index (κ1) is 18.3. The van der Waals surface area contributed by atoms with Crippen LogP contribution in [0.15, 0.2) is 41.3 Å². The molecule has 0 bridgehead atoms. The summed E-state index contributed by atoms with van der Waals surface area (Å²) in [6.07, 6.45) is 0.138. The van der Waals surface area contributed by atoms with Crippen molar-refractivity contribution in [3.63, 3.8) is 0 Å². The van der Waals surface area contributed by atoms with E-state index in [0.717, 1.165) is 0 Å². The van der Waals surface area contributed by atoms with Crippen molar-refractivity contribution in [1.82, 2.24) is 10.3 Å². The molecule has 2 amide bonds. The predicted molar refractivity (Wildman–Crippen MR) is 98.8 cm³/mol. The normalized spacial score (nSPS) is 15.3. The number of amides is 2. The van der Waals surface area contributed by atoms with Crippen LogP contribution in [-0.2, 0) is 21.2 Å². The average Bonchev–Trinajstić information content (AvgIpc) is 2.99. The van der Waals surface area contributed by atoms with Crippen molar-refractivity contribution < 1.29 is 27.5 Å². The quantitative estimate of drug-likeness (QED) is 0.723. The highest BCUT2D eigenvalue weighted by molar-refractivity contribution is 7.89. The lowest BCUT2D eigenvalue weighted by Crippen LogP contribution is -2.41. The summed E-state index contributed by atoms with van der Waals surface area (Å²) in [7, 11) is -2.37. The molecule has 0 fully saturated rings. The average molecular weight is 403 g/mol. The highest BCUT2D eigenvalue weighted by Crippen LogP contribution is 2.31. The first-order chi connectivity index (χ1) is 13.3. The minimum atomic E-state index is -4.00. The molecule has 0 unspecified atom stereocenters. The van der Waals surface area contributed by atoms with Gasteiger partial charge in [-0.1, -0.05) is 0 Å². The number of hydrogen-bond donors (Lipinski definition) is 2. The molecule has 0 atom stereocenters. The lowest BCUT2D eigenvalue weighted by Gasteiger charge is -2.18. The number of fused-ring (bicyclic) bond motifs is 2. The second kappa shape index (κ2) is 6.80. The van der Waals surface area contributed by atoms with Gasteiger partial charge in [0.2, 0.25) is 5.91 Å². The lowest BCUT2D eigenvalue weighted by molar-refractivity contribution is -0.117. The molecular formula is C18H17N3O6S. The molecule has 2 aromatic rings. The van der Waals surface area contributed by atoms with Crippen molar-refractivity contribution in [1.29, 1.82) is 0 Å². The van der Waals surface area contributed by atoms with Crippen LogP contribution < -0.4 is 24.6 Å². The maximum atomic E-state index is 12.5. The molecule has 10 heteroatoms. The molecule has 4 rings (SSSR count). The molecule has 0 radical (unpaired) electrons. The Balaban J connectivity index is 1.48. The Hall–Kier alpha value is -3.11. The second-order valence-corrected chi connectivity index (χ2v) is 8.02. The molecule has 0 aromatic heterocycles. The van der Waals surface area contributed by atoms with E-state index in [0.29, 0.717) is 36.0 Å². The third-order valence-corrected chi connectivity index (χ3v) is 5.79. The van der Waals surface area contributed by atoms with Gasteiger partial charge in [0, 0.05) is 18.3 Å². The number of rotatable bonds is 4. The molecule has 0 saturated carbocycles. The molecule has 0 spiro atoms. The fraction of sp³-hybridized carbons (Fsp3) is 0.222. The minimum Gasteiger partial charge on any atom is -0.486 e. The highest BCUT2D eigenvalue weighted by atomic mass is 32.2. The van der Waals surface area contributed by atoms with Gasteiger partial charge in [0.05, 0.1) is 11.3 Å². The van der Waals surface area contributed by atoms with E-state index in [4.69, 9.17) is 9.47 Å². The third-order valence-electron chi connectivity index (χ3n) is 4.54. The Kier molecular flexibility index (Phi) is 4.44. The van der Waals surface area contributed by atoms with Gasteiger partial charge >= 0.3 is 0 Å². The van der Waals surface area contributed by atoms with Crippen molar-refractivity contribution in [3.8, 4) is 11.5 Å². The van der Waals surface area contributed by atoms with Crippen LogP contribution in [0.4, 0.5) is 5.69 Å². The summed E-state index contributed by atoms with van der Waals surface area (Å²) in [5, 5.41) is 0. The van der Waals surface area contributed by atoms with E-state index in [1.807, 2.05) is 0 Å². The number of hydrazine groups is 1. The van der Waals surface area contributed by atoms with Crippen LogP contribution in [0.3, 0.4) is 0 Å². The number of carbonyl (C=O) groups excluding carboxylic acids is 2. The molecule has 2 aliphatic rings. The van der Waals surface area contributed by atoms with Gasteiger partial charge in [-0.15, -0.1) is 4.83 Å². The molecule has 0 saturated heterocycles. The zero-order valence-corrected chi connectivity index (χ0v) is 15.7. The van der Waals surface area contributed by atoms with Crippen LogP contribution in [0.1, 0.15) is 15.9 Å². The number of ether oxygens (including phenoxy) is 2. The second-order valence-electron chi connectivity index (χ2n) is 6.34. The van der Waals surface area contributed by atoms with E-state index < -0.39 is 15.9 Å². The van der Waals surface area contributed by atoms with Crippen molar-refractivity contribution in [2.45, 2.75) is 11.3 Å². The number of sulfonamides is 1. The predicted octanol–water partition coefficient (Wildman–Crippen LogP) is 0.600. The van der Waals surface area contributed by atoms with Crippen LogP contribution in [0, 0.1) is 0 Å². The van der Waals surface area contributed by atoms with Crippen LogP contribution >= 0.6 is 0 Å². The third kappa shape index (κ3) is 3.27. The Morgan fingerprint density at radius 2 is 1.82 bits per heavy atom. The number of nitrogens with one attached hydrogen (secondary N) is 2. The van der Waals surface area contributed by atoms with E-state index in [1.165, 1.54) is 29.2 Å². The van der Waals surface area contributed by atoms with Gasteiger partial charge in [0.25, 0.3) is 15.9 Å². The number of hydrogen-bond acceptors (Lipinski definition) is 6.